The number of nitrogens with one attached hydrogen (secondary N) is 1. The molecule has 2 aromatic carbocycles. The zero-order valence-electron chi connectivity index (χ0n) is 19.7. The predicted octanol–water partition coefficient (Wildman–Crippen LogP) is 5.79. The maximum atomic E-state index is 13.9. The Morgan fingerprint density at radius 1 is 1.11 bits per heavy atom. The van der Waals surface area contributed by atoms with Crippen molar-refractivity contribution in [2.75, 3.05) is 31.6 Å². The van der Waals surface area contributed by atoms with Crippen LogP contribution in [0.5, 0.6) is 0 Å². The molecule has 0 saturated carbocycles. The number of hydrogen-bond donors (Lipinski definition) is 1. The average molecular weight is 503 g/mol. The van der Waals surface area contributed by atoms with Crippen molar-refractivity contribution in [3.63, 3.8) is 0 Å². The van der Waals surface area contributed by atoms with Crippen LogP contribution in [-0.2, 0) is 15.7 Å². The van der Waals surface area contributed by atoms with Crippen LogP contribution in [0.25, 0.3) is 11.1 Å². The Labute approximate surface area is 205 Å². The number of quaternary nitrogens is 1. The van der Waals surface area contributed by atoms with E-state index in [1.165, 1.54) is 13.1 Å². The molecule has 36 heavy (non-hydrogen) atoms. The maximum Gasteiger partial charge on any atom is 0.416 e. The number of carbonyl (C=O) groups is 1. The summed E-state index contributed by atoms with van der Waals surface area (Å²) in [6, 6.07) is 11.1. The van der Waals surface area contributed by atoms with Gasteiger partial charge in [-0.15, -0.1) is 0 Å². The van der Waals surface area contributed by atoms with Gasteiger partial charge in [0.15, 0.2) is 0 Å². The number of ether oxygens (including phenoxy) is 1. The topological polar surface area (TPSA) is 74.3 Å². The van der Waals surface area contributed by atoms with Crippen LogP contribution >= 0.6 is 0 Å². The monoisotopic (exact) mass is 503 g/mol. The zero-order valence-corrected chi connectivity index (χ0v) is 19.7. The first-order valence-corrected chi connectivity index (χ1v) is 11.4. The third-order valence-corrected chi connectivity index (χ3v) is 6.33. The number of carbonyl (C=O) groups excluding carboxylic acids is 1. The molecule has 0 aliphatic carbocycles. The van der Waals surface area contributed by atoms with Crippen LogP contribution in [0.15, 0.2) is 54.7 Å². The molecule has 3 aromatic rings. The maximum absolute atomic E-state index is 13.9. The third kappa shape index (κ3) is 5.40. The number of aromatic nitrogens is 1. The number of halogens is 4. The van der Waals surface area contributed by atoms with Gasteiger partial charge in [0.05, 0.1) is 36.6 Å². The molecule has 1 unspecified atom stereocenters. The Bertz CT molecular complexity index is 1270. The van der Waals surface area contributed by atoms with Crippen LogP contribution in [0.1, 0.15) is 29.5 Å². The number of pyridine rings is 1. The Morgan fingerprint density at radius 2 is 1.81 bits per heavy atom. The van der Waals surface area contributed by atoms with Crippen molar-refractivity contribution < 1.29 is 27.1 Å². The van der Waals surface area contributed by atoms with E-state index >= 15 is 0 Å². The minimum atomic E-state index is -4.75. The highest BCUT2D eigenvalue weighted by atomic mass is 19.4. The van der Waals surface area contributed by atoms with E-state index in [1.807, 2.05) is 31.2 Å². The lowest BCUT2D eigenvalue weighted by Gasteiger charge is -2.43. The summed E-state index contributed by atoms with van der Waals surface area (Å²) in [5.41, 5.74) is 1.20. The highest BCUT2D eigenvalue weighted by Gasteiger charge is 2.33. The average Bonchev–Trinajstić information content (AvgIpc) is 2.83. The zero-order chi connectivity index (χ0) is 26.1. The van der Waals surface area contributed by atoms with Gasteiger partial charge in [-0.05, 0) is 48.7 Å². The first-order chi connectivity index (χ1) is 17.0. The van der Waals surface area contributed by atoms with Crippen molar-refractivity contribution in [1.29, 1.82) is 0 Å². The first-order valence-electron chi connectivity index (χ1n) is 11.4. The van der Waals surface area contributed by atoms with E-state index in [0.29, 0.717) is 24.8 Å². The number of morpholine rings is 1. The smallest absolute Gasteiger partial charge is 0.416 e. The molecule has 1 aliphatic heterocycles. The molecule has 1 aliphatic rings. The van der Waals surface area contributed by atoms with Gasteiger partial charge in [0.1, 0.15) is 18.9 Å². The van der Waals surface area contributed by atoms with Crippen molar-refractivity contribution in [2.45, 2.75) is 25.9 Å². The highest BCUT2D eigenvalue weighted by Crippen LogP contribution is 2.36. The molecule has 190 valence electrons. The van der Waals surface area contributed by atoms with E-state index in [9.17, 15) is 27.6 Å². The largest absolute Gasteiger partial charge is 0.626 e. The normalized spacial score (nSPS) is 16.4. The molecule has 10 heteroatoms. The molecule has 4 rings (SSSR count). The molecule has 1 atom stereocenters. The van der Waals surface area contributed by atoms with Crippen LogP contribution < -0.4 is 9.96 Å². The fourth-order valence-electron chi connectivity index (χ4n) is 4.15. The molecule has 0 radical (unpaired) electrons. The molecule has 1 amide bonds. The number of anilines is 1. The molecular formula is C26H25F4N3O3. The Hall–Kier alpha value is -3.34. The highest BCUT2D eigenvalue weighted by molar-refractivity contribution is 5.99. The van der Waals surface area contributed by atoms with Gasteiger partial charge in [0, 0.05) is 11.6 Å². The van der Waals surface area contributed by atoms with Crippen molar-refractivity contribution in [3.8, 4) is 11.1 Å². The number of amides is 1. The van der Waals surface area contributed by atoms with Gasteiger partial charge in [-0.2, -0.15) is 13.2 Å². The van der Waals surface area contributed by atoms with Gasteiger partial charge < -0.3 is 19.9 Å². The van der Waals surface area contributed by atoms with Crippen LogP contribution in [0.4, 0.5) is 29.1 Å². The molecule has 0 bridgehead atoms. The fourth-order valence-corrected chi connectivity index (χ4v) is 4.15. The van der Waals surface area contributed by atoms with Gasteiger partial charge >= 0.3 is 6.18 Å². The standard InChI is InChI=1S/C26H25F4N3O3/c1-16-5-3-4-6-21(16)22-14-24(33(35)7-9-36-10-8-33)31-15-23(22)32-25(34)17(2)18-11-19(26(28,29)30)13-20(27)12-18/h3-6,11-15,17H,7-10H2,1-2H3,(H,32,34). The molecule has 1 N–H and O–H groups in total. The summed E-state index contributed by atoms with van der Waals surface area (Å²) < 4.78 is 58.0. The second kappa shape index (κ2) is 9.96. The summed E-state index contributed by atoms with van der Waals surface area (Å²) in [6.07, 6.45) is -3.37. The predicted molar refractivity (Wildman–Crippen MR) is 129 cm³/mol. The Morgan fingerprint density at radius 3 is 2.47 bits per heavy atom. The van der Waals surface area contributed by atoms with Gasteiger partial charge in [0.25, 0.3) is 0 Å². The number of alkyl halides is 3. The van der Waals surface area contributed by atoms with Crippen molar-refractivity contribution in [3.05, 3.63) is 82.4 Å². The summed E-state index contributed by atoms with van der Waals surface area (Å²) in [7, 11) is 0. The van der Waals surface area contributed by atoms with E-state index in [-0.39, 0.29) is 30.2 Å². The number of hydroxylamine groups is 2. The van der Waals surface area contributed by atoms with E-state index < -0.39 is 34.0 Å². The first kappa shape index (κ1) is 25.7. The van der Waals surface area contributed by atoms with Crippen LogP contribution in [-0.4, -0.2) is 37.2 Å². The number of aryl methyl sites for hydroxylation is 1. The van der Waals surface area contributed by atoms with Gasteiger partial charge in [-0.3, -0.25) is 4.79 Å². The van der Waals surface area contributed by atoms with E-state index in [1.54, 1.807) is 6.07 Å². The van der Waals surface area contributed by atoms with Gasteiger partial charge in [-0.1, -0.05) is 24.3 Å². The third-order valence-electron chi connectivity index (χ3n) is 6.33. The van der Waals surface area contributed by atoms with E-state index in [4.69, 9.17) is 4.74 Å². The summed E-state index contributed by atoms with van der Waals surface area (Å²) >= 11 is 0. The second-order valence-electron chi connectivity index (χ2n) is 8.83. The molecule has 1 saturated heterocycles. The molecule has 0 spiro atoms. The lowest BCUT2D eigenvalue weighted by Crippen LogP contribution is -2.52. The summed E-state index contributed by atoms with van der Waals surface area (Å²) in [4.78, 5) is 17.4. The van der Waals surface area contributed by atoms with Crippen LogP contribution in [0.3, 0.4) is 0 Å². The van der Waals surface area contributed by atoms with Crippen molar-refractivity contribution in [2.24, 2.45) is 0 Å². The molecular weight excluding hydrogens is 478 g/mol. The van der Waals surface area contributed by atoms with E-state index in [0.717, 1.165) is 23.3 Å². The fraction of sp³-hybridized carbons (Fsp3) is 0.308. The summed E-state index contributed by atoms with van der Waals surface area (Å²) in [5, 5.41) is 16.1. The number of benzene rings is 2. The summed E-state index contributed by atoms with van der Waals surface area (Å²) in [5.74, 6) is -2.55. The molecule has 2 heterocycles. The minimum absolute atomic E-state index is 0.112. The molecule has 6 nitrogen and oxygen atoms in total. The minimum Gasteiger partial charge on any atom is -0.626 e. The lowest BCUT2D eigenvalue weighted by atomic mass is 9.96. The van der Waals surface area contributed by atoms with Crippen molar-refractivity contribution >= 4 is 17.4 Å². The lowest BCUT2D eigenvalue weighted by molar-refractivity contribution is -0.138. The number of rotatable bonds is 5. The van der Waals surface area contributed by atoms with E-state index in [2.05, 4.69) is 10.3 Å². The van der Waals surface area contributed by atoms with Gasteiger partial charge in [-0.25, -0.2) is 9.37 Å². The number of nitrogens with zero attached hydrogens (tertiary/aromatic N) is 2. The SMILES string of the molecule is Cc1ccccc1-c1cc([N+]2([O-])CCOCC2)ncc1NC(=O)C(C)c1cc(F)cc(C(F)(F)F)c1. The van der Waals surface area contributed by atoms with Crippen LogP contribution in [0, 0.1) is 17.9 Å². The second-order valence-corrected chi connectivity index (χ2v) is 8.83. The van der Waals surface area contributed by atoms with Gasteiger partial charge in [0.2, 0.25) is 11.7 Å². The number of hydrogen-bond acceptors (Lipinski definition) is 4. The molecule has 1 fully saturated rings. The Kier molecular flexibility index (Phi) is 7.12. The van der Waals surface area contributed by atoms with Crippen molar-refractivity contribution in [1.82, 2.24) is 9.63 Å². The van der Waals surface area contributed by atoms with Crippen LogP contribution in [0.2, 0.25) is 0 Å². The summed E-state index contributed by atoms with van der Waals surface area (Å²) in [6.45, 7) is 4.27. The quantitative estimate of drug-likeness (QED) is 0.272. The Balaban J connectivity index is 1.70. The molecule has 1 aromatic heterocycles.